The summed E-state index contributed by atoms with van der Waals surface area (Å²) in [5, 5.41) is 11.5. The molecule has 0 amide bonds. The van der Waals surface area contributed by atoms with Crippen molar-refractivity contribution in [1.29, 1.82) is 5.26 Å². The van der Waals surface area contributed by atoms with E-state index >= 15 is 0 Å². The lowest BCUT2D eigenvalue weighted by atomic mass is 9.88. The Kier molecular flexibility index (Phi) is 4.07. The van der Waals surface area contributed by atoms with Gasteiger partial charge in [0.25, 0.3) is 0 Å². The summed E-state index contributed by atoms with van der Waals surface area (Å²) in [6, 6.07) is 9.54. The van der Waals surface area contributed by atoms with Crippen LogP contribution in [0.15, 0.2) is 35.7 Å². The number of halogens is 2. The smallest absolute Gasteiger partial charge is 0.205 e. The number of aromatic nitrogens is 1. The fourth-order valence-corrected chi connectivity index (χ4v) is 4.95. The normalized spacial score (nSPS) is 16.3. The molecule has 1 aliphatic heterocycles. The number of fused-ring (bicyclic) bond motifs is 3. The van der Waals surface area contributed by atoms with E-state index in [2.05, 4.69) is 11.1 Å². The molecule has 0 aliphatic carbocycles. The van der Waals surface area contributed by atoms with Crippen molar-refractivity contribution < 1.29 is 4.74 Å². The minimum absolute atomic E-state index is 0.107. The van der Waals surface area contributed by atoms with Crippen LogP contribution in [0.4, 0.5) is 0 Å². The molecule has 0 radical (unpaired) electrons. The second-order valence-corrected chi connectivity index (χ2v) is 8.00. The highest BCUT2D eigenvalue weighted by molar-refractivity contribution is 7.19. The summed E-state index contributed by atoms with van der Waals surface area (Å²) in [4.78, 5) is 6.39. The fourth-order valence-electron chi connectivity index (χ4n) is 3.29. The van der Waals surface area contributed by atoms with Gasteiger partial charge in [-0.2, -0.15) is 5.26 Å². The van der Waals surface area contributed by atoms with Gasteiger partial charge in [-0.25, -0.2) is 4.98 Å². The first-order valence-corrected chi connectivity index (χ1v) is 9.41. The summed E-state index contributed by atoms with van der Waals surface area (Å²) in [5.41, 5.74) is 9.28. The molecule has 1 atom stereocenters. The van der Waals surface area contributed by atoms with Gasteiger partial charge < -0.3 is 10.5 Å². The zero-order chi connectivity index (χ0) is 18.6. The lowest BCUT2D eigenvalue weighted by Gasteiger charge is -2.24. The van der Waals surface area contributed by atoms with Gasteiger partial charge >= 0.3 is 0 Å². The summed E-state index contributed by atoms with van der Waals surface area (Å²) < 4.78 is 5.86. The Hall–Kier alpha value is -2.26. The van der Waals surface area contributed by atoms with Crippen LogP contribution in [0.5, 0.6) is 5.75 Å². The van der Waals surface area contributed by atoms with Gasteiger partial charge in [-0.05, 0) is 43.2 Å². The Balaban J connectivity index is 2.03. The molecule has 1 unspecified atom stereocenters. The van der Waals surface area contributed by atoms with Gasteiger partial charge in [0.2, 0.25) is 5.88 Å². The van der Waals surface area contributed by atoms with Gasteiger partial charge in [-0.1, -0.05) is 29.3 Å². The summed E-state index contributed by atoms with van der Waals surface area (Å²) >= 11 is 13.8. The van der Waals surface area contributed by atoms with Crippen molar-refractivity contribution in [2.24, 2.45) is 5.73 Å². The minimum atomic E-state index is -0.363. The Labute approximate surface area is 164 Å². The van der Waals surface area contributed by atoms with E-state index in [0.29, 0.717) is 21.4 Å². The average molecular weight is 402 g/mol. The van der Waals surface area contributed by atoms with E-state index < -0.39 is 0 Å². The van der Waals surface area contributed by atoms with Crippen LogP contribution in [0.3, 0.4) is 0 Å². The van der Waals surface area contributed by atoms with Gasteiger partial charge in [0.15, 0.2) is 5.75 Å². The third-order valence-corrected chi connectivity index (χ3v) is 6.26. The number of hydrogen-bond acceptors (Lipinski definition) is 5. The minimum Gasteiger partial charge on any atom is -0.439 e. The number of nitriles is 1. The quantitative estimate of drug-likeness (QED) is 0.589. The standard InChI is InChI=1S/C19H13Cl2N3OS/c1-8-5-9(2)24-19-14(8)16-17(26-19)15(11(7-22)18(23)25-16)10-3-4-12(20)13(21)6-10/h3-6,15H,23H2,1-2H3. The van der Waals surface area contributed by atoms with E-state index in [4.69, 9.17) is 33.7 Å². The van der Waals surface area contributed by atoms with E-state index in [0.717, 1.165) is 31.9 Å². The molecular formula is C19H13Cl2N3OS. The average Bonchev–Trinajstić information content (AvgIpc) is 2.94. The van der Waals surface area contributed by atoms with Crippen LogP contribution in [0.2, 0.25) is 10.0 Å². The molecule has 3 aromatic rings. The first-order valence-electron chi connectivity index (χ1n) is 7.84. The zero-order valence-electron chi connectivity index (χ0n) is 13.9. The van der Waals surface area contributed by atoms with Crippen molar-refractivity contribution in [1.82, 2.24) is 4.98 Å². The highest BCUT2D eigenvalue weighted by atomic mass is 35.5. The molecule has 0 saturated carbocycles. The summed E-state index contributed by atoms with van der Waals surface area (Å²) in [6.07, 6.45) is 0. The molecule has 4 nitrogen and oxygen atoms in total. The first-order chi connectivity index (χ1) is 12.4. The SMILES string of the molecule is Cc1cc(C)c2c3c(sc2n1)C(c1ccc(Cl)c(Cl)c1)C(C#N)=C(N)O3. The molecule has 26 heavy (non-hydrogen) atoms. The largest absolute Gasteiger partial charge is 0.439 e. The molecule has 0 spiro atoms. The van der Waals surface area contributed by atoms with Crippen molar-refractivity contribution in [3.63, 3.8) is 0 Å². The first kappa shape index (κ1) is 17.2. The predicted molar refractivity (Wildman–Crippen MR) is 105 cm³/mol. The van der Waals surface area contributed by atoms with Crippen LogP contribution in [-0.4, -0.2) is 4.98 Å². The van der Waals surface area contributed by atoms with Gasteiger partial charge in [-0.15, -0.1) is 11.3 Å². The second-order valence-electron chi connectivity index (χ2n) is 6.15. The van der Waals surface area contributed by atoms with Crippen LogP contribution < -0.4 is 10.5 Å². The van der Waals surface area contributed by atoms with Crippen LogP contribution in [0.1, 0.15) is 27.6 Å². The molecule has 130 valence electrons. The number of allylic oxidation sites excluding steroid dienone is 1. The molecule has 7 heteroatoms. The molecule has 1 aliphatic rings. The lowest BCUT2D eigenvalue weighted by Crippen LogP contribution is -2.19. The van der Waals surface area contributed by atoms with Crippen molar-refractivity contribution in [3.8, 4) is 11.8 Å². The molecule has 0 fully saturated rings. The van der Waals surface area contributed by atoms with E-state index in [1.165, 1.54) is 11.3 Å². The van der Waals surface area contributed by atoms with Gasteiger partial charge in [0, 0.05) is 5.69 Å². The highest BCUT2D eigenvalue weighted by Gasteiger charge is 2.35. The summed E-state index contributed by atoms with van der Waals surface area (Å²) in [6.45, 7) is 3.97. The topological polar surface area (TPSA) is 71.9 Å². The monoisotopic (exact) mass is 401 g/mol. The van der Waals surface area contributed by atoms with E-state index in [9.17, 15) is 5.26 Å². The van der Waals surface area contributed by atoms with Crippen LogP contribution in [0.25, 0.3) is 10.2 Å². The number of aryl methyl sites for hydroxylation is 2. The Bertz CT molecular complexity index is 1140. The maximum Gasteiger partial charge on any atom is 0.205 e. The van der Waals surface area contributed by atoms with Crippen molar-refractivity contribution >= 4 is 44.8 Å². The fraction of sp³-hybridized carbons (Fsp3) is 0.158. The van der Waals surface area contributed by atoms with Crippen molar-refractivity contribution in [3.05, 3.63) is 67.5 Å². The van der Waals surface area contributed by atoms with Crippen LogP contribution in [0, 0.1) is 25.2 Å². The predicted octanol–water partition coefficient (Wildman–Crippen LogP) is 5.44. The van der Waals surface area contributed by atoms with Crippen molar-refractivity contribution in [2.75, 3.05) is 0 Å². The van der Waals surface area contributed by atoms with Crippen molar-refractivity contribution in [2.45, 2.75) is 19.8 Å². The number of thiophene rings is 1. The molecule has 3 heterocycles. The molecule has 0 saturated heterocycles. The Morgan fingerprint density at radius 1 is 1.23 bits per heavy atom. The van der Waals surface area contributed by atoms with E-state index in [-0.39, 0.29) is 11.8 Å². The number of benzene rings is 1. The zero-order valence-corrected chi connectivity index (χ0v) is 16.3. The Morgan fingerprint density at radius 3 is 2.69 bits per heavy atom. The molecule has 4 rings (SSSR count). The number of ether oxygens (including phenoxy) is 1. The summed E-state index contributed by atoms with van der Waals surface area (Å²) in [7, 11) is 0. The number of hydrogen-bond donors (Lipinski definition) is 1. The Morgan fingerprint density at radius 2 is 2.00 bits per heavy atom. The number of rotatable bonds is 1. The third-order valence-electron chi connectivity index (χ3n) is 4.39. The molecule has 2 aromatic heterocycles. The van der Waals surface area contributed by atoms with Gasteiger partial charge in [0.1, 0.15) is 16.5 Å². The lowest BCUT2D eigenvalue weighted by molar-refractivity contribution is 0.401. The summed E-state index contributed by atoms with van der Waals surface area (Å²) in [5.74, 6) is 0.413. The van der Waals surface area contributed by atoms with Crippen LogP contribution >= 0.6 is 34.5 Å². The molecule has 2 N–H and O–H groups in total. The second kappa shape index (κ2) is 6.17. The maximum absolute atomic E-state index is 9.68. The molecule has 0 bridgehead atoms. The van der Waals surface area contributed by atoms with Gasteiger partial charge in [0.05, 0.1) is 26.2 Å². The highest BCUT2D eigenvalue weighted by Crippen LogP contribution is 2.51. The molecule has 1 aromatic carbocycles. The maximum atomic E-state index is 9.68. The van der Waals surface area contributed by atoms with E-state index in [1.807, 2.05) is 26.0 Å². The third kappa shape index (κ3) is 2.53. The number of pyridine rings is 1. The van der Waals surface area contributed by atoms with Crippen LogP contribution in [-0.2, 0) is 0 Å². The number of nitrogens with two attached hydrogens (primary N) is 1. The number of nitrogens with zero attached hydrogens (tertiary/aromatic N) is 2. The molecular weight excluding hydrogens is 389 g/mol. The van der Waals surface area contributed by atoms with E-state index in [1.54, 1.807) is 12.1 Å². The van der Waals surface area contributed by atoms with Gasteiger partial charge in [-0.3, -0.25) is 0 Å².